The van der Waals surface area contributed by atoms with Crippen LogP contribution >= 0.6 is 0 Å². The van der Waals surface area contributed by atoms with E-state index in [1.165, 1.54) is 18.5 Å². The molecule has 160 valence electrons. The molecule has 0 aliphatic carbocycles. The van der Waals surface area contributed by atoms with Gasteiger partial charge in [0.25, 0.3) is 0 Å². The molecule has 0 bridgehead atoms. The van der Waals surface area contributed by atoms with Crippen molar-refractivity contribution in [2.75, 3.05) is 24.5 Å². The molecule has 31 heavy (non-hydrogen) atoms. The Bertz CT molecular complexity index is 1250. The highest BCUT2D eigenvalue weighted by molar-refractivity contribution is 5.86. The molecule has 9 nitrogen and oxygen atoms in total. The monoisotopic (exact) mass is 422 g/mol. The summed E-state index contributed by atoms with van der Waals surface area (Å²) in [7, 11) is 0. The minimum atomic E-state index is -0.535. The van der Waals surface area contributed by atoms with Crippen molar-refractivity contribution in [2.45, 2.75) is 26.2 Å². The van der Waals surface area contributed by atoms with Crippen LogP contribution in [0.4, 0.5) is 10.2 Å². The van der Waals surface area contributed by atoms with Crippen molar-refractivity contribution in [3.8, 4) is 0 Å². The van der Waals surface area contributed by atoms with Crippen molar-refractivity contribution in [3.05, 3.63) is 42.5 Å². The van der Waals surface area contributed by atoms with E-state index < -0.39 is 5.41 Å². The number of aromatic nitrogens is 6. The van der Waals surface area contributed by atoms with E-state index in [9.17, 15) is 9.18 Å². The number of halogens is 1. The lowest BCUT2D eigenvalue weighted by atomic mass is 9.81. The summed E-state index contributed by atoms with van der Waals surface area (Å²) >= 11 is 0. The van der Waals surface area contributed by atoms with E-state index in [1.54, 1.807) is 12.4 Å². The number of hydrogen-bond acceptors (Lipinski definition) is 6. The third-order valence-electron chi connectivity index (χ3n) is 5.89. The molecule has 0 spiro atoms. The van der Waals surface area contributed by atoms with Gasteiger partial charge in [0.2, 0.25) is 5.91 Å². The Kier molecular flexibility index (Phi) is 4.76. The molecule has 0 saturated carbocycles. The highest BCUT2D eigenvalue weighted by atomic mass is 19.1. The average molecular weight is 422 g/mol. The molecule has 1 aliphatic heterocycles. The Morgan fingerprint density at radius 2 is 2.23 bits per heavy atom. The minimum absolute atomic E-state index is 0.00858. The fourth-order valence-corrected chi connectivity index (χ4v) is 4.26. The number of fused-ring (bicyclic) bond motifs is 2. The predicted octanol–water partition coefficient (Wildman–Crippen LogP) is 2.33. The molecule has 3 N–H and O–H groups in total. The molecule has 1 atom stereocenters. The first-order chi connectivity index (χ1) is 15.0. The molecule has 0 radical (unpaired) electrons. The molecule has 1 aliphatic rings. The standard InChI is InChI=1S/C21H23FN8O/c1-21(6-2-8-30(10-21)19-17-18(25-11-24-17)26-12-27-19)20(31)23-7-5-16-28-14-4-3-13(22)9-15(14)29-16/h3-4,9,11-12H,2,5-8,10H2,1H3,(H,23,31)(H,28,29)(H,24,25,26,27). The number of anilines is 1. The summed E-state index contributed by atoms with van der Waals surface area (Å²) in [5, 5.41) is 3.05. The molecule has 3 aromatic heterocycles. The second-order valence-corrected chi connectivity index (χ2v) is 8.24. The SMILES string of the molecule is CC1(C(=O)NCCc2nc3ccc(F)cc3[nH]2)CCCN(c2ncnc3nc[nH]c23)C1. The maximum atomic E-state index is 13.4. The number of piperidine rings is 1. The predicted molar refractivity (Wildman–Crippen MR) is 114 cm³/mol. The molecule has 1 amide bonds. The van der Waals surface area contributed by atoms with Gasteiger partial charge in [-0.2, -0.15) is 0 Å². The highest BCUT2D eigenvalue weighted by Crippen LogP contribution is 2.33. The number of H-pyrrole nitrogens is 2. The minimum Gasteiger partial charge on any atom is -0.355 e. The summed E-state index contributed by atoms with van der Waals surface area (Å²) in [6, 6.07) is 4.45. The zero-order chi connectivity index (χ0) is 21.4. The maximum absolute atomic E-state index is 13.4. The van der Waals surface area contributed by atoms with Gasteiger partial charge in [-0.3, -0.25) is 4.79 Å². The smallest absolute Gasteiger partial charge is 0.227 e. The zero-order valence-electron chi connectivity index (χ0n) is 17.2. The van der Waals surface area contributed by atoms with Gasteiger partial charge in [0.05, 0.1) is 22.8 Å². The number of benzene rings is 1. The van der Waals surface area contributed by atoms with Gasteiger partial charge in [-0.1, -0.05) is 0 Å². The Morgan fingerprint density at radius 1 is 1.32 bits per heavy atom. The summed E-state index contributed by atoms with van der Waals surface area (Å²) in [6.45, 7) is 3.83. The lowest BCUT2D eigenvalue weighted by Crippen LogP contribution is -2.51. The summed E-state index contributed by atoms with van der Waals surface area (Å²) < 4.78 is 13.4. The number of hydrogen-bond donors (Lipinski definition) is 3. The van der Waals surface area contributed by atoms with Crippen LogP contribution in [0.25, 0.3) is 22.2 Å². The number of carbonyl (C=O) groups is 1. The Labute approximate surface area is 177 Å². The first-order valence-corrected chi connectivity index (χ1v) is 10.3. The normalized spacial score (nSPS) is 19.2. The highest BCUT2D eigenvalue weighted by Gasteiger charge is 2.38. The fraction of sp³-hybridized carbons (Fsp3) is 0.381. The second kappa shape index (κ2) is 7.60. The summed E-state index contributed by atoms with van der Waals surface area (Å²) in [6.07, 6.45) is 5.34. The quantitative estimate of drug-likeness (QED) is 0.455. The van der Waals surface area contributed by atoms with Crippen molar-refractivity contribution in [2.24, 2.45) is 5.41 Å². The van der Waals surface area contributed by atoms with Gasteiger partial charge in [-0.25, -0.2) is 24.3 Å². The maximum Gasteiger partial charge on any atom is 0.227 e. The van der Waals surface area contributed by atoms with Crippen LogP contribution in [0.1, 0.15) is 25.6 Å². The van der Waals surface area contributed by atoms with E-state index >= 15 is 0 Å². The van der Waals surface area contributed by atoms with Gasteiger partial charge in [0.1, 0.15) is 23.5 Å². The van der Waals surface area contributed by atoms with Crippen LogP contribution < -0.4 is 10.2 Å². The number of imidazole rings is 2. The number of nitrogens with zero attached hydrogens (tertiary/aromatic N) is 5. The summed E-state index contributed by atoms with van der Waals surface area (Å²) in [5.74, 6) is 1.20. The number of nitrogens with one attached hydrogen (secondary N) is 3. The third-order valence-corrected chi connectivity index (χ3v) is 5.89. The van der Waals surface area contributed by atoms with Gasteiger partial charge < -0.3 is 20.2 Å². The molecule has 1 unspecified atom stereocenters. The lowest BCUT2D eigenvalue weighted by Gasteiger charge is -2.39. The first-order valence-electron chi connectivity index (χ1n) is 10.3. The van der Waals surface area contributed by atoms with Gasteiger partial charge in [-0.15, -0.1) is 0 Å². The number of rotatable bonds is 5. The molecule has 4 heterocycles. The Morgan fingerprint density at radius 3 is 3.13 bits per heavy atom. The van der Waals surface area contributed by atoms with E-state index in [0.29, 0.717) is 36.2 Å². The Hall–Kier alpha value is -3.56. The van der Waals surface area contributed by atoms with Crippen molar-refractivity contribution < 1.29 is 9.18 Å². The van der Waals surface area contributed by atoms with Crippen molar-refractivity contribution in [3.63, 3.8) is 0 Å². The number of amides is 1. The van der Waals surface area contributed by atoms with Gasteiger partial charge in [0, 0.05) is 26.1 Å². The third kappa shape index (κ3) is 3.69. The van der Waals surface area contributed by atoms with Crippen LogP contribution in [-0.2, 0) is 11.2 Å². The van der Waals surface area contributed by atoms with Crippen molar-refractivity contribution in [1.29, 1.82) is 0 Å². The van der Waals surface area contributed by atoms with Crippen LogP contribution in [0.15, 0.2) is 30.9 Å². The summed E-state index contributed by atoms with van der Waals surface area (Å²) in [5.41, 5.74) is 2.24. The molecule has 10 heteroatoms. The van der Waals surface area contributed by atoms with E-state index in [1.807, 2.05) is 6.92 Å². The average Bonchev–Trinajstić information content (AvgIpc) is 3.39. The molecule has 5 rings (SSSR count). The fourth-order valence-electron chi connectivity index (χ4n) is 4.26. The van der Waals surface area contributed by atoms with Gasteiger partial charge in [0.15, 0.2) is 11.5 Å². The molecule has 1 fully saturated rings. The Balaban J connectivity index is 1.24. The molecular formula is C21H23FN8O. The number of aromatic amines is 2. The van der Waals surface area contributed by atoms with Crippen LogP contribution in [-0.4, -0.2) is 55.4 Å². The van der Waals surface area contributed by atoms with Crippen molar-refractivity contribution in [1.82, 2.24) is 35.2 Å². The van der Waals surface area contributed by atoms with E-state index in [0.717, 1.165) is 36.5 Å². The van der Waals surface area contributed by atoms with Crippen LogP contribution in [0.2, 0.25) is 0 Å². The summed E-state index contributed by atoms with van der Waals surface area (Å²) in [4.78, 5) is 38.6. The number of carbonyl (C=O) groups excluding carboxylic acids is 1. The van der Waals surface area contributed by atoms with E-state index in [4.69, 9.17) is 0 Å². The largest absolute Gasteiger partial charge is 0.355 e. The molecule has 1 saturated heterocycles. The molecule has 4 aromatic rings. The molecule has 1 aromatic carbocycles. The lowest BCUT2D eigenvalue weighted by molar-refractivity contribution is -0.130. The van der Waals surface area contributed by atoms with Crippen LogP contribution in [0.3, 0.4) is 0 Å². The van der Waals surface area contributed by atoms with Gasteiger partial charge >= 0.3 is 0 Å². The van der Waals surface area contributed by atoms with E-state index in [2.05, 4.69) is 40.1 Å². The van der Waals surface area contributed by atoms with Gasteiger partial charge in [-0.05, 0) is 38.0 Å². The van der Waals surface area contributed by atoms with Crippen LogP contribution in [0.5, 0.6) is 0 Å². The van der Waals surface area contributed by atoms with Crippen LogP contribution in [0, 0.1) is 11.2 Å². The zero-order valence-corrected chi connectivity index (χ0v) is 17.2. The topological polar surface area (TPSA) is 115 Å². The second-order valence-electron chi connectivity index (χ2n) is 8.24. The van der Waals surface area contributed by atoms with Crippen molar-refractivity contribution >= 4 is 33.9 Å². The first kappa shape index (κ1) is 19.4. The molecular weight excluding hydrogens is 399 g/mol. The van der Waals surface area contributed by atoms with E-state index in [-0.39, 0.29) is 11.7 Å².